The predicted molar refractivity (Wildman–Crippen MR) is 80.6 cm³/mol. The first-order chi connectivity index (χ1) is 9.44. The van der Waals surface area contributed by atoms with E-state index in [1.54, 1.807) is 0 Å². The molecule has 4 heteroatoms. The maximum absolute atomic E-state index is 11.8. The number of morpholine rings is 1. The number of rotatable bonds is 5. The van der Waals surface area contributed by atoms with Crippen LogP contribution in [-0.2, 0) is 9.53 Å². The van der Waals surface area contributed by atoms with Crippen molar-refractivity contribution in [1.29, 1.82) is 0 Å². The fourth-order valence-electron chi connectivity index (χ4n) is 2.94. The van der Waals surface area contributed by atoms with E-state index in [0.29, 0.717) is 11.3 Å². The first-order valence-electron chi connectivity index (χ1n) is 8.06. The second kappa shape index (κ2) is 6.90. The summed E-state index contributed by atoms with van der Waals surface area (Å²) < 4.78 is 5.81. The van der Waals surface area contributed by atoms with E-state index < -0.39 is 0 Å². The Morgan fingerprint density at radius 1 is 1.35 bits per heavy atom. The summed E-state index contributed by atoms with van der Waals surface area (Å²) >= 11 is 0. The molecule has 1 aliphatic carbocycles. The van der Waals surface area contributed by atoms with Crippen LogP contribution >= 0.6 is 0 Å². The van der Waals surface area contributed by atoms with Crippen LogP contribution in [0.15, 0.2) is 0 Å². The highest BCUT2D eigenvalue weighted by molar-refractivity contribution is 5.79. The summed E-state index contributed by atoms with van der Waals surface area (Å²) in [6, 6.07) is 0. The SMILES string of the molecule is CC(C)(C)CN1CCO[C@@H](CCNC(=O)C2CCC2)C1. The van der Waals surface area contributed by atoms with E-state index in [0.717, 1.165) is 52.0 Å². The van der Waals surface area contributed by atoms with Crippen molar-refractivity contribution in [2.75, 3.05) is 32.8 Å². The molecule has 2 rings (SSSR count). The zero-order valence-electron chi connectivity index (χ0n) is 13.3. The minimum atomic E-state index is 0.249. The van der Waals surface area contributed by atoms with E-state index in [1.807, 2.05) is 0 Å². The molecule has 1 amide bonds. The molecule has 2 aliphatic rings. The average molecular weight is 282 g/mol. The Morgan fingerprint density at radius 3 is 2.70 bits per heavy atom. The molecule has 1 N–H and O–H groups in total. The summed E-state index contributed by atoms with van der Waals surface area (Å²) in [5, 5.41) is 3.06. The molecule has 0 radical (unpaired) electrons. The lowest BCUT2D eigenvalue weighted by molar-refractivity contribution is -0.127. The number of ether oxygens (including phenoxy) is 1. The van der Waals surface area contributed by atoms with Crippen molar-refractivity contribution in [3.8, 4) is 0 Å². The minimum absolute atomic E-state index is 0.249. The molecule has 0 unspecified atom stereocenters. The van der Waals surface area contributed by atoms with Crippen LogP contribution in [0.2, 0.25) is 0 Å². The fraction of sp³-hybridized carbons (Fsp3) is 0.938. The molecule has 0 aromatic rings. The van der Waals surface area contributed by atoms with Crippen molar-refractivity contribution in [1.82, 2.24) is 10.2 Å². The molecule has 0 aromatic carbocycles. The van der Waals surface area contributed by atoms with Gasteiger partial charge in [0.2, 0.25) is 5.91 Å². The summed E-state index contributed by atoms with van der Waals surface area (Å²) in [6.45, 7) is 11.5. The van der Waals surface area contributed by atoms with Crippen LogP contribution in [-0.4, -0.2) is 49.7 Å². The van der Waals surface area contributed by atoms with Crippen LogP contribution in [0, 0.1) is 11.3 Å². The van der Waals surface area contributed by atoms with Gasteiger partial charge in [-0.05, 0) is 24.7 Å². The van der Waals surface area contributed by atoms with Gasteiger partial charge in [0.05, 0.1) is 12.7 Å². The van der Waals surface area contributed by atoms with E-state index in [1.165, 1.54) is 6.42 Å². The van der Waals surface area contributed by atoms with Gasteiger partial charge >= 0.3 is 0 Å². The lowest BCUT2D eigenvalue weighted by Gasteiger charge is -2.36. The number of carbonyl (C=O) groups excluding carboxylic acids is 1. The smallest absolute Gasteiger partial charge is 0.223 e. The Morgan fingerprint density at radius 2 is 2.10 bits per heavy atom. The molecule has 4 nitrogen and oxygen atoms in total. The van der Waals surface area contributed by atoms with Crippen LogP contribution < -0.4 is 5.32 Å². The fourth-order valence-corrected chi connectivity index (χ4v) is 2.94. The number of carbonyl (C=O) groups is 1. The van der Waals surface area contributed by atoms with Crippen LogP contribution in [0.4, 0.5) is 0 Å². The van der Waals surface area contributed by atoms with Crippen LogP contribution in [0.1, 0.15) is 46.5 Å². The highest BCUT2D eigenvalue weighted by Crippen LogP contribution is 2.26. The van der Waals surface area contributed by atoms with Crippen molar-refractivity contribution < 1.29 is 9.53 Å². The molecule has 0 aromatic heterocycles. The summed E-state index contributed by atoms with van der Waals surface area (Å²) in [5.41, 5.74) is 0.334. The Balaban J connectivity index is 1.63. The predicted octanol–water partition coefficient (Wildman–Crippen LogP) is 2.04. The molecule has 1 saturated heterocycles. The van der Waals surface area contributed by atoms with Gasteiger partial charge in [0.25, 0.3) is 0 Å². The zero-order chi connectivity index (χ0) is 14.6. The van der Waals surface area contributed by atoms with Crippen molar-refractivity contribution in [3.63, 3.8) is 0 Å². The van der Waals surface area contributed by atoms with Gasteiger partial charge in [-0.15, -0.1) is 0 Å². The zero-order valence-corrected chi connectivity index (χ0v) is 13.3. The highest BCUT2D eigenvalue weighted by Gasteiger charge is 2.26. The van der Waals surface area contributed by atoms with E-state index in [-0.39, 0.29) is 12.0 Å². The first-order valence-corrected chi connectivity index (χ1v) is 8.06. The maximum atomic E-state index is 11.8. The van der Waals surface area contributed by atoms with Crippen LogP contribution in [0.3, 0.4) is 0 Å². The number of hydrogen-bond donors (Lipinski definition) is 1. The summed E-state index contributed by atoms with van der Waals surface area (Å²) in [4.78, 5) is 14.2. The van der Waals surface area contributed by atoms with Gasteiger partial charge in [0.15, 0.2) is 0 Å². The first kappa shape index (κ1) is 15.8. The molecular weight excluding hydrogens is 252 g/mol. The number of amides is 1. The third-order valence-corrected chi connectivity index (χ3v) is 4.16. The largest absolute Gasteiger partial charge is 0.375 e. The van der Waals surface area contributed by atoms with Gasteiger partial charge in [-0.3, -0.25) is 9.69 Å². The summed E-state index contributed by atoms with van der Waals surface area (Å²) in [7, 11) is 0. The lowest BCUT2D eigenvalue weighted by atomic mass is 9.85. The van der Waals surface area contributed by atoms with Crippen molar-refractivity contribution >= 4 is 5.91 Å². The van der Waals surface area contributed by atoms with Crippen molar-refractivity contribution in [3.05, 3.63) is 0 Å². The van der Waals surface area contributed by atoms with Gasteiger partial charge in [-0.2, -0.15) is 0 Å². The monoisotopic (exact) mass is 282 g/mol. The second-order valence-electron chi connectivity index (χ2n) is 7.50. The van der Waals surface area contributed by atoms with Crippen LogP contribution in [0.25, 0.3) is 0 Å². The van der Waals surface area contributed by atoms with E-state index in [9.17, 15) is 4.79 Å². The van der Waals surface area contributed by atoms with Crippen molar-refractivity contribution in [2.45, 2.75) is 52.6 Å². The van der Waals surface area contributed by atoms with Crippen LogP contribution in [0.5, 0.6) is 0 Å². The molecule has 1 atom stereocenters. The normalized spacial score (nSPS) is 25.2. The quantitative estimate of drug-likeness (QED) is 0.839. The topological polar surface area (TPSA) is 41.6 Å². The molecule has 0 bridgehead atoms. The molecule has 1 heterocycles. The third kappa shape index (κ3) is 5.06. The van der Waals surface area contributed by atoms with Gasteiger partial charge in [-0.25, -0.2) is 0 Å². The molecule has 1 saturated carbocycles. The average Bonchev–Trinajstić information content (AvgIpc) is 2.24. The molecule has 1 aliphatic heterocycles. The molecular formula is C16H30N2O2. The number of nitrogens with zero attached hydrogens (tertiary/aromatic N) is 1. The third-order valence-electron chi connectivity index (χ3n) is 4.16. The Kier molecular flexibility index (Phi) is 5.44. The Bertz CT molecular complexity index is 321. The number of hydrogen-bond acceptors (Lipinski definition) is 3. The standard InChI is InChI=1S/C16H30N2O2/c1-16(2,3)12-18-9-10-20-14(11-18)7-8-17-15(19)13-5-4-6-13/h13-14H,4-12H2,1-3H3,(H,17,19)/t14-/m0/s1. The Labute approximate surface area is 123 Å². The van der Waals surface area contributed by atoms with E-state index >= 15 is 0 Å². The number of nitrogens with one attached hydrogen (secondary N) is 1. The molecule has 2 fully saturated rings. The molecule has 20 heavy (non-hydrogen) atoms. The second-order valence-corrected chi connectivity index (χ2v) is 7.50. The minimum Gasteiger partial charge on any atom is -0.375 e. The summed E-state index contributed by atoms with van der Waals surface area (Å²) in [5.74, 6) is 0.540. The molecule has 0 spiro atoms. The lowest BCUT2D eigenvalue weighted by Crippen LogP contribution is -2.46. The van der Waals surface area contributed by atoms with Gasteiger partial charge < -0.3 is 10.1 Å². The van der Waals surface area contributed by atoms with E-state index in [2.05, 4.69) is 31.0 Å². The van der Waals surface area contributed by atoms with Gasteiger partial charge in [0, 0.05) is 32.1 Å². The van der Waals surface area contributed by atoms with Crippen molar-refractivity contribution in [2.24, 2.45) is 11.3 Å². The Hall–Kier alpha value is -0.610. The highest BCUT2D eigenvalue weighted by atomic mass is 16.5. The summed E-state index contributed by atoms with van der Waals surface area (Å²) in [6.07, 6.45) is 4.56. The van der Waals surface area contributed by atoms with Gasteiger partial charge in [-0.1, -0.05) is 27.2 Å². The van der Waals surface area contributed by atoms with E-state index in [4.69, 9.17) is 4.74 Å². The molecule has 116 valence electrons. The van der Waals surface area contributed by atoms with Gasteiger partial charge in [0.1, 0.15) is 0 Å². The maximum Gasteiger partial charge on any atom is 0.223 e.